The average Bonchev–Trinajstić information content (AvgIpc) is 2.55. The molecule has 2 aromatic carbocycles. The molecule has 2 aromatic rings. The number of rotatable bonds is 5. The van der Waals surface area contributed by atoms with Gasteiger partial charge in [-0.15, -0.1) is 0 Å². The van der Waals surface area contributed by atoms with Crippen LogP contribution in [-0.2, 0) is 0 Å². The highest BCUT2D eigenvalue weighted by atomic mass is 16.6. The first-order chi connectivity index (χ1) is 10.7. The Morgan fingerprint density at radius 2 is 1.77 bits per heavy atom. The molecule has 0 saturated heterocycles. The fraction of sp³-hybridized carbons (Fsp3) is 0. The third-order valence-corrected chi connectivity index (χ3v) is 2.76. The van der Waals surface area contributed by atoms with Crippen LogP contribution in [0.4, 0.5) is 5.69 Å². The molecule has 0 aliphatic heterocycles. The number of hydrazone groups is 1. The van der Waals surface area contributed by atoms with E-state index in [0.29, 0.717) is 5.56 Å². The second kappa shape index (κ2) is 7.49. The highest BCUT2D eigenvalue weighted by Crippen LogP contribution is 2.12. The van der Waals surface area contributed by atoms with Crippen LogP contribution < -0.4 is 5.43 Å². The van der Waals surface area contributed by atoms with Gasteiger partial charge in [0.05, 0.1) is 4.92 Å². The molecule has 0 radical (unpaired) electrons. The fourth-order valence-electron chi connectivity index (χ4n) is 1.65. The number of nitro benzene ring substituents is 1. The maximum Gasteiger partial charge on any atom is 0.271 e. The molecule has 1 amide bonds. The summed E-state index contributed by atoms with van der Waals surface area (Å²) in [5.41, 5.74) is 3.77. The first-order valence-corrected chi connectivity index (χ1v) is 6.46. The van der Waals surface area contributed by atoms with Gasteiger partial charge in [-0.25, -0.2) is 5.43 Å². The minimum atomic E-state index is -0.450. The summed E-state index contributed by atoms with van der Waals surface area (Å²) in [5.74, 6) is -0.291. The third kappa shape index (κ3) is 4.38. The van der Waals surface area contributed by atoms with E-state index < -0.39 is 4.92 Å². The van der Waals surface area contributed by atoms with Crippen LogP contribution in [0.25, 0.3) is 6.08 Å². The molecule has 0 aliphatic carbocycles. The van der Waals surface area contributed by atoms with Gasteiger partial charge in [-0.05, 0) is 35.9 Å². The van der Waals surface area contributed by atoms with E-state index in [1.54, 1.807) is 48.6 Å². The predicted molar refractivity (Wildman–Crippen MR) is 84.5 cm³/mol. The number of hydrogen-bond donors (Lipinski definition) is 1. The van der Waals surface area contributed by atoms with Gasteiger partial charge in [-0.3, -0.25) is 14.9 Å². The van der Waals surface area contributed by atoms with Gasteiger partial charge < -0.3 is 0 Å². The van der Waals surface area contributed by atoms with Gasteiger partial charge in [0, 0.05) is 23.9 Å². The zero-order valence-corrected chi connectivity index (χ0v) is 11.5. The summed E-state index contributed by atoms with van der Waals surface area (Å²) >= 11 is 0. The van der Waals surface area contributed by atoms with E-state index in [2.05, 4.69) is 10.5 Å². The number of non-ortho nitro benzene ring substituents is 1. The van der Waals surface area contributed by atoms with E-state index in [1.165, 1.54) is 18.3 Å². The summed E-state index contributed by atoms with van der Waals surface area (Å²) in [4.78, 5) is 21.7. The summed E-state index contributed by atoms with van der Waals surface area (Å²) in [6.07, 6.45) is 4.79. The van der Waals surface area contributed by atoms with Crippen LogP contribution in [0.2, 0.25) is 0 Å². The topological polar surface area (TPSA) is 84.6 Å². The van der Waals surface area contributed by atoms with Crippen molar-refractivity contribution >= 4 is 23.9 Å². The van der Waals surface area contributed by atoms with Crippen molar-refractivity contribution < 1.29 is 9.72 Å². The van der Waals surface area contributed by atoms with Crippen molar-refractivity contribution in [1.29, 1.82) is 0 Å². The fourth-order valence-corrected chi connectivity index (χ4v) is 1.65. The van der Waals surface area contributed by atoms with E-state index >= 15 is 0 Å². The summed E-state index contributed by atoms with van der Waals surface area (Å²) in [6, 6.07) is 14.9. The molecule has 0 aromatic heterocycles. The predicted octanol–water partition coefficient (Wildman–Crippen LogP) is 3.02. The van der Waals surface area contributed by atoms with E-state index in [4.69, 9.17) is 0 Å². The summed E-state index contributed by atoms with van der Waals surface area (Å²) in [7, 11) is 0. The molecular formula is C16H13N3O3. The quantitative estimate of drug-likeness (QED) is 0.522. The normalized spacial score (nSPS) is 10.9. The molecule has 0 fully saturated rings. The van der Waals surface area contributed by atoms with Gasteiger partial charge in [0.1, 0.15) is 0 Å². The molecule has 6 heteroatoms. The molecule has 0 spiro atoms. The van der Waals surface area contributed by atoms with E-state index in [9.17, 15) is 14.9 Å². The number of nitrogens with one attached hydrogen (secondary N) is 1. The van der Waals surface area contributed by atoms with Gasteiger partial charge in [-0.1, -0.05) is 24.3 Å². The van der Waals surface area contributed by atoms with Crippen LogP contribution in [0, 0.1) is 10.1 Å². The lowest BCUT2D eigenvalue weighted by Crippen LogP contribution is -2.16. The molecule has 2 rings (SSSR count). The largest absolute Gasteiger partial charge is 0.271 e. The molecule has 0 aliphatic rings. The van der Waals surface area contributed by atoms with Gasteiger partial charge in [0.25, 0.3) is 11.6 Å². The number of carbonyl (C=O) groups is 1. The summed E-state index contributed by atoms with van der Waals surface area (Å²) in [6.45, 7) is 0. The number of nitrogens with zero attached hydrogens (tertiary/aromatic N) is 2. The Morgan fingerprint density at radius 3 is 2.41 bits per heavy atom. The van der Waals surface area contributed by atoms with Crippen LogP contribution in [0.5, 0.6) is 0 Å². The average molecular weight is 295 g/mol. The first-order valence-electron chi connectivity index (χ1n) is 6.46. The van der Waals surface area contributed by atoms with Crippen molar-refractivity contribution in [1.82, 2.24) is 5.43 Å². The second-order valence-corrected chi connectivity index (χ2v) is 4.29. The molecule has 0 bridgehead atoms. The first kappa shape index (κ1) is 15.1. The van der Waals surface area contributed by atoms with E-state index in [-0.39, 0.29) is 11.6 Å². The van der Waals surface area contributed by atoms with Crippen LogP contribution in [0.1, 0.15) is 15.9 Å². The third-order valence-electron chi connectivity index (χ3n) is 2.76. The monoisotopic (exact) mass is 295 g/mol. The number of amides is 1. The number of nitro groups is 1. The molecular weight excluding hydrogens is 282 g/mol. The van der Waals surface area contributed by atoms with Crippen molar-refractivity contribution in [2.45, 2.75) is 0 Å². The van der Waals surface area contributed by atoms with Gasteiger partial charge in [-0.2, -0.15) is 5.10 Å². The molecule has 6 nitrogen and oxygen atoms in total. The van der Waals surface area contributed by atoms with Gasteiger partial charge in [0.2, 0.25) is 0 Å². The van der Waals surface area contributed by atoms with E-state index in [1.807, 2.05) is 6.07 Å². The molecule has 0 unspecified atom stereocenters. The van der Waals surface area contributed by atoms with Crippen molar-refractivity contribution in [3.63, 3.8) is 0 Å². The standard InChI is InChI=1S/C16H13N3O3/c20-16(14-6-2-1-3-7-14)18-17-12-4-5-13-8-10-15(11-9-13)19(21)22/h1-12H,(H,18,20)/b5-4+,17-12-. The highest BCUT2D eigenvalue weighted by molar-refractivity contribution is 5.94. The lowest BCUT2D eigenvalue weighted by atomic mass is 10.2. The molecule has 1 N–H and O–H groups in total. The molecule has 22 heavy (non-hydrogen) atoms. The summed E-state index contributed by atoms with van der Waals surface area (Å²) in [5, 5.41) is 14.3. The Hall–Kier alpha value is -3.28. The SMILES string of the molecule is O=C(N/N=C\C=C\c1ccc([N+](=O)[O-])cc1)c1ccccc1. The molecule has 0 saturated carbocycles. The van der Waals surface area contributed by atoms with Crippen LogP contribution >= 0.6 is 0 Å². The van der Waals surface area contributed by atoms with Gasteiger partial charge >= 0.3 is 0 Å². The number of benzene rings is 2. The smallest absolute Gasteiger partial charge is 0.267 e. The Labute approximate surface area is 126 Å². The lowest BCUT2D eigenvalue weighted by molar-refractivity contribution is -0.384. The molecule has 110 valence electrons. The van der Waals surface area contributed by atoms with Crippen molar-refractivity contribution in [2.75, 3.05) is 0 Å². The Kier molecular flexibility index (Phi) is 5.15. The zero-order valence-electron chi connectivity index (χ0n) is 11.5. The van der Waals surface area contributed by atoms with Crippen molar-refractivity contribution in [3.05, 3.63) is 81.9 Å². The Morgan fingerprint density at radius 1 is 1.09 bits per heavy atom. The number of carbonyl (C=O) groups excluding carboxylic acids is 1. The van der Waals surface area contributed by atoms with E-state index in [0.717, 1.165) is 5.56 Å². The van der Waals surface area contributed by atoms with Crippen LogP contribution in [0.15, 0.2) is 65.8 Å². The molecule has 0 atom stereocenters. The van der Waals surface area contributed by atoms with Crippen LogP contribution in [-0.4, -0.2) is 17.0 Å². The minimum Gasteiger partial charge on any atom is -0.267 e. The Balaban J connectivity index is 1.87. The molecule has 0 heterocycles. The maximum absolute atomic E-state index is 11.7. The zero-order chi connectivity index (χ0) is 15.8. The number of allylic oxidation sites excluding steroid dienone is 1. The van der Waals surface area contributed by atoms with Gasteiger partial charge in [0.15, 0.2) is 0 Å². The Bertz CT molecular complexity index is 707. The minimum absolute atomic E-state index is 0.0425. The maximum atomic E-state index is 11.7. The number of hydrogen-bond acceptors (Lipinski definition) is 4. The summed E-state index contributed by atoms with van der Waals surface area (Å²) < 4.78 is 0. The van der Waals surface area contributed by atoms with Crippen molar-refractivity contribution in [2.24, 2.45) is 5.10 Å². The second-order valence-electron chi connectivity index (χ2n) is 4.29. The lowest BCUT2D eigenvalue weighted by Gasteiger charge is -1.97. The highest BCUT2D eigenvalue weighted by Gasteiger charge is 2.02. The van der Waals surface area contributed by atoms with Crippen molar-refractivity contribution in [3.8, 4) is 0 Å². The van der Waals surface area contributed by atoms with Crippen LogP contribution in [0.3, 0.4) is 0 Å².